The minimum atomic E-state index is -0.768. The zero-order chi connectivity index (χ0) is 15.1. The van der Waals surface area contributed by atoms with E-state index >= 15 is 0 Å². The lowest BCUT2D eigenvalue weighted by molar-refractivity contribution is 0.395. The Morgan fingerprint density at radius 2 is 1.90 bits per heavy atom. The fourth-order valence-electron chi connectivity index (χ4n) is 2.35. The minimum absolute atomic E-state index is 0.0162. The summed E-state index contributed by atoms with van der Waals surface area (Å²) in [6.45, 7) is 0. The molecule has 1 aromatic carbocycles. The Bertz CT molecular complexity index is 843. The number of hydrogen-bond donors (Lipinski definition) is 4. The van der Waals surface area contributed by atoms with Crippen LogP contribution in [0.15, 0.2) is 45.3 Å². The molecule has 3 rings (SSSR count). The summed E-state index contributed by atoms with van der Waals surface area (Å²) in [7, 11) is 0. The second-order valence-electron chi connectivity index (χ2n) is 4.81. The van der Waals surface area contributed by atoms with E-state index in [0.717, 1.165) is 6.07 Å². The molecule has 0 saturated heterocycles. The first kappa shape index (κ1) is 13.1. The Labute approximate surface area is 118 Å². The summed E-state index contributed by atoms with van der Waals surface area (Å²) in [5.41, 5.74) is -0.784. The minimum Gasteiger partial charge on any atom is -0.508 e. The molecule has 1 heterocycles. The molecule has 0 bridgehead atoms. The Hall–Kier alpha value is -2.89. The molecule has 4 N–H and O–H groups in total. The maximum atomic E-state index is 12.1. The van der Waals surface area contributed by atoms with Crippen molar-refractivity contribution in [3.05, 3.63) is 52.1 Å². The number of aliphatic hydroxyl groups is 1. The van der Waals surface area contributed by atoms with E-state index in [1.165, 1.54) is 18.2 Å². The van der Waals surface area contributed by atoms with Crippen molar-refractivity contribution in [2.24, 2.45) is 0 Å². The maximum Gasteiger partial charge on any atom is 0.238 e. The van der Waals surface area contributed by atoms with Crippen LogP contribution in [0.25, 0.3) is 11.0 Å². The molecule has 0 fully saturated rings. The summed E-state index contributed by atoms with van der Waals surface area (Å²) in [6.07, 6.45) is 4.93. The highest BCUT2D eigenvalue weighted by Gasteiger charge is 2.23. The van der Waals surface area contributed by atoms with Crippen molar-refractivity contribution in [3.8, 4) is 17.2 Å². The van der Waals surface area contributed by atoms with Gasteiger partial charge < -0.3 is 24.8 Å². The number of phenolic OH excluding ortho intramolecular Hbond substituents is 2. The van der Waals surface area contributed by atoms with E-state index in [-0.39, 0.29) is 28.2 Å². The van der Waals surface area contributed by atoms with Gasteiger partial charge in [0.15, 0.2) is 5.76 Å². The van der Waals surface area contributed by atoms with Crippen LogP contribution in [0.1, 0.15) is 18.1 Å². The number of phenols is 2. The van der Waals surface area contributed by atoms with Crippen LogP contribution in [0.3, 0.4) is 0 Å². The van der Waals surface area contributed by atoms with Crippen molar-refractivity contribution in [1.82, 2.24) is 0 Å². The molecular weight excluding hydrogens is 276 g/mol. The van der Waals surface area contributed by atoms with Gasteiger partial charge in [0.05, 0.1) is 0 Å². The van der Waals surface area contributed by atoms with Gasteiger partial charge in [-0.05, 0) is 18.6 Å². The van der Waals surface area contributed by atoms with Crippen LogP contribution in [0, 0.1) is 0 Å². The molecule has 1 atom stereocenters. The molecule has 0 radical (unpaired) electrons. The molecule has 1 aliphatic carbocycles. The van der Waals surface area contributed by atoms with E-state index < -0.39 is 22.8 Å². The monoisotopic (exact) mass is 288 g/mol. The summed E-state index contributed by atoms with van der Waals surface area (Å²) < 4.78 is 5.48. The summed E-state index contributed by atoms with van der Waals surface area (Å²) in [4.78, 5) is 12.1. The highest BCUT2D eigenvalue weighted by Crippen LogP contribution is 2.36. The lowest BCUT2D eigenvalue weighted by Crippen LogP contribution is -2.08. The van der Waals surface area contributed by atoms with Crippen LogP contribution in [-0.2, 0) is 0 Å². The first-order chi connectivity index (χ1) is 9.97. The first-order valence-corrected chi connectivity index (χ1v) is 6.26. The van der Waals surface area contributed by atoms with Gasteiger partial charge in [0.25, 0.3) is 0 Å². The molecule has 6 heteroatoms. The van der Waals surface area contributed by atoms with E-state index in [4.69, 9.17) is 4.42 Å². The van der Waals surface area contributed by atoms with Crippen molar-refractivity contribution >= 4 is 11.0 Å². The first-order valence-electron chi connectivity index (χ1n) is 6.26. The number of benzene rings is 1. The predicted octanol–water partition coefficient (Wildman–Crippen LogP) is 2.40. The summed E-state index contributed by atoms with van der Waals surface area (Å²) in [6, 6.07) is 2.19. The number of aliphatic hydroxyl groups excluding tert-OH is 1. The Balaban J connectivity index is 2.24. The van der Waals surface area contributed by atoms with Gasteiger partial charge in [0.1, 0.15) is 28.2 Å². The van der Waals surface area contributed by atoms with E-state index in [1.54, 1.807) is 6.08 Å². The van der Waals surface area contributed by atoms with Crippen molar-refractivity contribution in [2.45, 2.75) is 12.3 Å². The van der Waals surface area contributed by atoms with Crippen LogP contribution in [0.2, 0.25) is 0 Å². The van der Waals surface area contributed by atoms with Gasteiger partial charge in [-0.2, -0.15) is 0 Å². The van der Waals surface area contributed by atoms with Gasteiger partial charge in [0, 0.05) is 18.1 Å². The Morgan fingerprint density at radius 3 is 2.57 bits per heavy atom. The Morgan fingerprint density at radius 1 is 1.14 bits per heavy atom. The average molecular weight is 288 g/mol. The largest absolute Gasteiger partial charge is 0.508 e. The van der Waals surface area contributed by atoms with E-state index in [2.05, 4.69) is 0 Å². The number of fused-ring (bicyclic) bond motifs is 1. The van der Waals surface area contributed by atoms with Crippen molar-refractivity contribution in [2.75, 3.05) is 0 Å². The molecule has 1 unspecified atom stereocenters. The summed E-state index contributed by atoms with van der Waals surface area (Å²) in [5, 5.41) is 38.3. The third-order valence-electron chi connectivity index (χ3n) is 3.38. The molecule has 2 aromatic rings. The van der Waals surface area contributed by atoms with Gasteiger partial charge >= 0.3 is 0 Å². The van der Waals surface area contributed by atoms with Crippen LogP contribution in [-0.4, -0.2) is 20.4 Å². The zero-order valence-electron chi connectivity index (χ0n) is 10.8. The molecule has 1 aromatic heterocycles. The van der Waals surface area contributed by atoms with E-state index in [1.807, 2.05) is 0 Å². The molecule has 6 nitrogen and oxygen atoms in total. The molecule has 21 heavy (non-hydrogen) atoms. The zero-order valence-corrected chi connectivity index (χ0v) is 10.8. The summed E-state index contributed by atoms with van der Waals surface area (Å²) in [5.74, 6) is -1.59. The molecule has 1 aliphatic rings. The second-order valence-corrected chi connectivity index (χ2v) is 4.81. The third-order valence-corrected chi connectivity index (χ3v) is 3.38. The van der Waals surface area contributed by atoms with Gasteiger partial charge in [0.2, 0.25) is 11.2 Å². The standard InChI is InChI=1S/C15H12O6/c16-8-3-1-7(2-4-8)15-14(20)13(19)12-10(18)5-9(17)6-11(12)21-15/h1,3-7,16-18,20H,2H2. The van der Waals surface area contributed by atoms with E-state index in [0.29, 0.717) is 6.42 Å². The number of aromatic hydroxyl groups is 3. The maximum absolute atomic E-state index is 12.1. The average Bonchev–Trinajstić information content (AvgIpc) is 2.43. The fraction of sp³-hybridized carbons (Fsp3) is 0.133. The molecule has 0 spiro atoms. The third kappa shape index (κ3) is 2.10. The van der Waals surface area contributed by atoms with Crippen molar-refractivity contribution in [3.63, 3.8) is 0 Å². The number of hydrogen-bond acceptors (Lipinski definition) is 6. The lowest BCUT2D eigenvalue weighted by atomic mass is 9.96. The SMILES string of the molecule is O=c1c(O)c(C2C=CC(O)=CC2)oc2cc(O)cc(O)c12. The van der Waals surface area contributed by atoms with Gasteiger partial charge in [-0.25, -0.2) is 0 Å². The van der Waals surface area contributed by atoms with Gasteiger partial charge in [-0.3, -0.25) is 4.79 Å². The van der Waals surface area contributed by atoms with E-state index in [9.17, 15) is 25.2 Å². The smallest absolute Gasteiger partial charge is 0.238 e. The second kappa shape index (κ2) is 4.59. The van der Waals surface area contributed by atoms with Crippen LogP contribution in [0.4, 0.5) is 0 Å². The van der Waals surface area contributed by atoms with Crippen molar-refractivity contribution in [1.29, 1.82) is 0 Å². The van der Waals surface area contributed by atoms with Gasteiger partial charge in [-0.1, -0.05) is 6.08 Å². The quantitative estimate of drug-likeness (QED) is 0.641. The highest BCUT2D eigenvalue weighted by molar-refractivity contribution is 5.85. The topological polar surface area (TPSA) is 111 Å². The molecule has 0 amide bonds. The van der Waals surface area contributed by atoms with Crippen LogP contribution < -0.4 is 5.43 Å². The number of allylic oxidation sites excluding steroid dienone is 3. The van der Waals surface area contributed by atoms with Gasteiger partial charge in [-0.15, -0.1) is 0 Å². The molecule has 0 saturated carbocycles. The molecule has 0 aliphatic heterocycles. The summed E-state index contributed by atoms with van der Waals surface area (Å²) >= 11 is 0. The molecular formula is C15H12O6. The van der Waals surface area contributed by atoms with Crippen LogP contribution in [0.5, 0.6) is 17.2 Å². The highest BCUT2D eigenvalue weighted by atomic mass is 16.4. The predicted molar refractivity (Wildman–Crippen MR) is 74.7 cm³/mol. The van der Waals surface area contributed by atoms with Crippen molar-refractivity contribution < 1.29 is 24.8 Å². The normalized spacial score (nSPS) is 17.9. The van der Waals surface area contributed by atoms with Crippen LogP contribution >= 0.6 is 0 Å². The Kier molecular flexibility index (Phi) is 2.86. The number of rotatable bonds is 1. The molecule has 108 valence electrons. The lowest BCUT2D eigenvalue weighted by Gasteiger charge is -2.15. The fourth-order valence-corrected chi connectivity index (χ4v) is 2.35.